The molecule has 1 nitrogen and oxygen atoms in total. The van der Waals surface area contributed by atoms with Crippen LogP contribution in [0.3, 0.4) is 0 Å². The number of hydrogen-bond acceptors (Lipinski definition) is 1. The van der Waals surface area contributed by atoms with Crippen LogP contribution in [-0.2, 0) is 0 Å². The molecule has 1 rings (SSSR count). The molecule has 0 aromatic rings. The van der Waals surface area contributed by atoms with Crippen molar-refractivity contribution in [3.8, 4) is 0 Å². The van der Waals surface area contributed by atoms with Crippen LogP contribution < -0.4 is 5.32 Å². The highest BCUT2D eigenvalue weighted by Crippen LogP contribution is 2.55. The Morgan fingerprint density at radius 1 is 1.27 bits per heavy atom. The van der Waals surface area contributed by atoms with Crippen LogP contribution in [0, 0.1) is 11.3 Å². The van der Waals surface area contributed by atoms with E-state index in [1.54, 1.807) is 0 Å². The van der Waals surface area contributed by atoms with Crippen molar-refractivity contribution in [2.24, 2.45) is 11.3 Å². The number of nitrogens with one attached hydrogen (secondary N) is 1. The Morgan fingerprint density at radius 3 is 2.47 bits per heavy atom. The zero-order valence-electron chi connectivity index (χ0n) is 11.3. The third-order valence-corrected chi connectivity index (χ3v) is 3.77. The fraction of sp³-hybridized carbons (Fsp3) is 1.00. The van der Waals surface area contributed by atoms with E-state index in [1.807, 2.05) is 0 Å². The molecule has 1 aliphatic carbocycles. The molecule has 0 spiro atoms. The lowest BCUT2D eigenvalue weighted by molar-refractivity contribution is 0.372. The second-order valence-electron chi connectivity index (χ2n) is 6.64. The highest BCUT2D eigenvalue weighted by molar-refractivity contribution is 5.00. The average Bonchev–Trinajstić information content (AvgIpc) is 2.74. The van der Waals surface area contributed by atoms with Crippen molar-refractivity contribution in [3.05, 3.63) is 0 Å². The van der Waals surface area contributed by atoms with Gasteiger partial charge in [-0.15, -0.1) is 0 Å². The predicted molar refractivity (Wildman–Crippen MR) is 68.1 cm³/mol. The van der Waals surface area contributed by atoms with E-state index in [2.05, 4.69) is 39.9 Å². The van der Waals surface area contributed by atoms with Gasteiger partial charge in [0.15, 0.2) is 0 Å². The molecule has 0 amide bonds. The van der Waals surface area contributed by atoms with E-state index in [1.165, 1.54) is 38.6 Å². The second-order valence-corrected chi connectivity index (χ2v) is 6.64. The summed E-state index contributed by atoms with van der Waals surface area (Å²) in [5, 5.41) is 3.63. The molecule has 0 aromatic carbocycles. The smallest absolute Gasteiger partial charge is 0.00966 e. The molecule has 15 heavy (non-hydrogen) atoms. The zero-order chi connectivity index (χ0) is 11.5. The Labute approximate surface area is 96.0 Å². The van der Waals surface area contributed by atoms with E-state index < -0.39 is 0 Å². The molecule has 90 valence electrons. The Morgan fingerprint density at radius 2 is 1.93 bits per heavy atom. The van der Waals surface area contributed by atoms with Gasteiger partial charge in [0.25, 0.3) is 0 Å². The first-order chi connectivity index (χ1) is 6.87. The molecule has 1 heteroatoms. The Hall–Kier alpha value is -0.0400. The van der Waals surface area contributed by atoms with Gasteiger partial charge in [0.05, 0.1) is 0 Å². The minimum absolute atomic E-state index is 0.285. The first-order valence-electron chi connectivity index (χ1n) is 6.62. The van der Waals surface area contributed by atoms with Gasteiger partial charge >= 0.3 is 0 Å². The maximum absolute atomic E-state index is 3.63. The molecular formula is C14H29N. The largest absolute Gasteiger partial charge is 0.312 e. The molecule has 1 aliphatic rings. The molecule has 0 aromatic heterocycles. The fourth-order valence-corrected chi connectivity index (χ4v) is 2.34. The summed E-state index contributed by atoms with van der Waals surface area (Å²) < 4.78 is 0. The molecule has 2 unspecified atom stereocenters. The Balaban J connectivity index is 2.15. The van der Waals surface area contributed by atoms with E-state index in [0.717, 1.165) is 5.92 Å². The van der Waals surface area contributed by atoms with Gasteiger partial charge < -0.3 is 5.32 Å². The fourth-order valence-electron chi connectivity index (χ4n) is 2.34. The summed E-state index contributed by atoms with van der Waals surface area (Å²) in [6.45, 7) is 12.7. The number of unbranched alkanes of at least 4 members (excludes halogenated alkanes) is 2. The first kappa shape index (κ1) is 13.0. The van der Waals surface area contributed by atoms with Crippen molar-refractivity contribution in [2.45, 2.75) is 72.3 Å². The van der Waals surface area contributed by atoms with E-state index in [9.17, 15) is 0 Å². The van der Waals surface area contributed by atoms with E-state index in [4.69, 9.17) is 0 Å². The van der Waals surface area contributed by atoms with Gasteiger partial charge in [0, 0.05) is 5.54 Å². The van der Waals surface area contributed by atoms with Crippen LogP contribution in [0.1, 0.15) is 66.7 Å². The summed E-state index contributed by atoms with van der Waals surface area (Å²) in [4.78, 5) is 0. The third-order valence-electron chi connectivity index (χ3n) is 3.77. The first-order valence-corrected chi connectivity index (χ1v) is 6.62. The van der Waals surface area contributed by atoms with Crippen molar-refractivity contribution in [3.63, 3.8) is 0 Å². The van der Waals surface area contributed by atoms with Gasteiger partial charge in [0.1, 0.15) is 0 Å². The molecule has 1 saturated carbocycles. The van der Waals surface area contributed by atoms with Crippen LogP contribution in [-0.4, -0.2) is 12.1 Å². The van der Waals surface area contributed by atoms with Crippen LogP contribution in [0.15, 0.2) is 0 Å². The lowest BCUT2D eigenvalue weighted by Crippen LogP contribution is -2.37. The van der Waals surface area contributed by atoms with Crippen molar-refractivity contribution in [1.29, 1.82) is 0 Å². The van der Waals surface area contributed by atoms with Crippen LogP contribution >= 0.6 is 0 Å². The Kier molecular flexibility index (Phi) is 4.22. The Bertz CT molecular complexity index is 192. The lowest BCUT2D eigenvalue weighted by atomic mass is 9.97. The van der Waals surface area contributed by atoms with Crippen LogP contribution in [0.25, 0.3) is 0 Å². The summed E-state index contributed by atoms with van der Waals surface area (Å²) >= 11 is 0. The molecule has 1 fully saturated rings. The molecule has 0 bridgehead atoms. The van der Waals surface area contributed by atoms with Crippen molar-refractivity contribution < 1.29 is 0 Å². The van der Waals surface area contributed by atoms with Crippen LogP contribution in [0.5, 0.6) is 0 Å². The number of hydrogen-bond donors (Lipinski definition) is 1. The summed E-state index contributed by atoms with van der Waals surface area (Å²) in [5.41, 5.74) is 0.959. The topological polar surface area (TPSA) is 12.0 Å². The molecule has 0 radical (unpaired) electrons. The quantitative estimate of drug-likeness (QED) is 0.655. The van der Waals surface area contributed by atoms with Crippen LogP contribution in [0.2, 0.25) is 0 Å². The molecule has 1 N–H and O–H groups in total. The minimum Gasteiger partial charge on any atom is -0.312 e. The highest BCUT2D eigenvalue weighted by Gasteiger charge is 2.48. The predicted octanol–water partition coefficient (Wildman–Crippen LogP) is 3.98. The average molecular weight is 211 g/mol. The maximum Gasteiger partial charge on any atom is 0.00966 e. The van der Waals surface area contributed by atoms with Crippen molar-refractivity contribution >= 4 is 0 Å². The van der Waals surface area contributed by atoms with Crippen LogP contribution in [0.4, 0.5) is 0 Å². The SMILES string of the molecule is CCCCCC1(C)CC1CNC(C)(C)C. The highest BCUT2D eigenvalue weighted by atomic mass is 15.0. The zero-order valence-corrected chi connectivity index (χ0v) is 11.3. The van der Waals surface area contributed by atoms with Gasteiger partial charge in [-0.2, -0.15) is 0 Å². The summed E-state index contributed by atoms with van der Waals surface area (Å²) in [5.74, 6) is 0.939. The van der Waals surface area contributed by atoms with E-state index in [0.29, 0.717) is 5.41 Å². The van der Waals surface area contributed by atoms with Gasteiger partial charge in [0.2, 0.25) is 0 Å². The van der Waals surface area contributed by atoms with Gasteiger partial charge in [-0.1, -0.05) is 33.1 Å². The van der Waals surface area contributed by atoms with Crippen molar-refractivity contribution in [2.75, 3.05) is 6.54 Å². The van der Waals surface area contributed by atoms with E-state index >= 15 is 0 Å². The van der Waals surface area contributed by atoms with Crippen molar-refractivity contribution in [1.82, 2.24) is 5.32 Å². The minimum atomic E-state index is 0.285. The molecular weight excluding hydrogens is 182 g/mol. The summed E-state index contributed by atoms with van der Waals surface area (Å²) in [7, 11) is 0. The van der Waals surface area contributed by atoms with Gasteiger partial charge in [-0.05, 0) is 51.5 Å². The molecule has 0 saturated heterocycles. The van der Waals surface area contributed by atoms with Gasteiger partial charge in [-0.3, -0.25) is 0 Å². The summed E-state index contributed by atoms with van der Waals surface area (Å²) in [6, 6.07) is 0. The van der Waals surface area contributed by atoms with Gasteiger partial charge in [-0.25, -0.2) is 0 Å². The second kappa shape index (κ2) is 4.86. The summed E-state index contributed by atoms with van der Waals surface area (Å²) in [6.07, 6.45) is 7.08. The van der Waals surface area contributed by atoms with E-state index in [-0.39, 0.29) is 5.54 Å². The standard InChI is InChI=1S/C14H29N/c1-6-7-8-9-14(5)10-12(14)11-15-13(2,3)4/h12,15H,6-11H2,1-5H3. The third kappa shape index (κ3) is 4.55. The monoisotopic (exact) mass is 211 g/mol. The number of rotatable bonds is 6. The molecule has 0 heterocycles. The molecule has 0 aliphatic heterocycles. The normalized spacial score (nSPS) is 30.6. The lowest BCUT2D eigenvalue weighted by Gasteiger charge is -2.21. The maximum atomic E-state index is 3.63. The molecule has 2 atom stereocenters.